The first kappa shape index (κ1) is 28.0. The Kier molecular flexibility index (Phi) is 6.16. The standard InChI is InChI=1S/C31H21F3N4O7/c1-44-21-4-2-3-13-11-22(45-26(13)21)28(40)35-15-5-6-16-14(9-15)10-18(36-16)29(41)38-12-20(39)24-19(38)8-7-17-23(24)25(30(42)43)27(37-17)31(32,33)34/h2-11,20,36-37,39H,12H2,1H3,(H,35,40)(H,42,43). The van der Waals surface area contributed by atoms with Crippen molar-refractivity contribution >= 4 is 61.9 Å². The number of H-pyrrole nitrogens is 2. The number of hydrogen-bond acceptors (Lipinski definition) is 6. The fourth-order valence-electron chi connectivity index (χ4n) is 5.83. The van der Waals surface area contributed by atoms with Gasteiger partial charge >= 0.3 is 12.1 Å². The van der Waals surface area contributed by atoms with Gasteiger partial charge in [0.25, 0.3) is 11.8 Å². The molecule has 228 valence electrons. The Morgan fingerprint density at radius 2 is 1.80 bits per heavy atom. The minimum Gasteiger partial charge on any atom is -0.493 e. The molecule has 2 amide bonds. The summed E-state index contributed by atoms with van der Waals surface area (Å²) in [4.78, 5) is 44.7. The highest BCUT2D eigenvalue weighted by atomic mass is 19.4. The van der Waals surface area contributed by atoms with Crippen LogP contribution >= 0.6 is 0 Å². The first-order chi connectivity index (χ1) is 21.4. The molecule has 14 heteroatoms. The lowest BCUT2D eigenvalue weighted by molar-refractivity contribution is -0.141. The van der Waals surface area contributed by atoms with Gasteiger partial charge in [-0.3, -0.25) is 9.59 Å². The van der Waals surface area contributed by atoms with E-state index in [4.69, 9.17) is 9.15 Å². The van der Waals surface area contributed by atoms with Gasteiger partial charge in [-0.2, -0.15) is 13.2 Å². The van der Waals surface area contributed by atoms with Crippen LogP contribution in [0.4, 0.5) is 24.5 Å². The minimum absolute atomic E-state index is 0.0655. The van der Waals surface area contributed by atoms with Crippen molar-refractivity contribution < 1.29 is 46.9 Å². The number of benzene rings is 3. The summed E-state index contributed by atoms with van der Waals surface area (Å²) in [7, 11) is 1.50. The molecule has 3 aromatic carbocycles. The molecule has 0 spiro atoms. The first-order valence-corrected chi connectivity index (χ1v) is 13.4. The number of nitrogens with one attached hydrogen (secondary N) is 3. The van der Waals surface area contributed by atoms with Gasteiger partial charge in [0, 0.05) is 38.4 Å². The number of carbonyl (C=O) groups is 3. The molecule has 3 aromatic heterocycles. The lowest BCUT2D eigenvalue weighted by Crippen LogP contribution is -2.30. The van der Waals surface area contributed by atoms with Crippen LogP contribution in [0.3, 0.4) is 0 Å². The van der Waals surface area contributed by atoms with Crippen LogP contribution in [-0.4, -0.2) is 51.6 Å². The molecule has 5 N–H and O–H groups in total. The molecule has 7 rings (SSSR count). The topological polar surface area (TPSA) is 161 Å². The van der Waals surface area contributed by atoms with E-state index in [9.17, 15) is 37.8 Å². The number of carboxylic acids is 1. The number of halogens is 3. The normalized spacial score (nSPS) is 14.8. The molecule has 0 radical (unpaired) electrons. The Morgan fingerprint density at radius 1 is 1.02 bits per heavy atom. The van der Waals surface area contributed by atoms with Gasteiger partial charge in [0.15, 0.2) is 17.1 Å². The van der Waals surface area contributed by atoms with Gasteiger partial charge < -0.3 is 39.6 Å². The van der Waals surface area contributed by atoms with Crippen LogP contribution in [-0.2, 0) is 6.18 Å². The van der Waals surface area contributed by atoms with E-state index in [1.165, 1.54) is 30.2 Å². The number of nitrogens with zero attached hydrogens (tertiary/aromatic N) is 1. The van der Waals surface area contributed by atoms with E-state index in [0.717, 1.165) is 0 Å². The number of aliphatic hydroxyl groups is 1. The number of aliphatic hydroxyl groups excluding tert-OH is 1. The zero-order valence-corrected chi connectivity index (χ0v) is 23.1. The number of ether oxygens (including phenoxy) is 1. The molecule has 1 aliphatic rings. The monoisotopic (exact) mass is 618 g/mol. The van der Waals surface area contributed by atoms with E-state index in [-0.39, 0.29) is 40.2 Å². The molecule has 1 aliphatic heterocycles. The number of fused-ring (bicyclic) bond motifs is 5. The number of amides is 2. The van der Waals surface area contributed by atoms with Crippen molar-refractivity contribution in [2.75, 3.05) is 23.9 Å². The number of carboxylic acid groups (broad SMARTS) is 1. The largest absolute Gasteiger partial charge is 0.493 e. The van der Waals surface area contributed by atoms with Crippen molar-refractivity contribution in [1.82, 2.24) is 9.97 Å². The zero-order valence-electron chi connectivity index (χ0n) is 23.1. The van der Waals surface area contributed by atoms with Crippen LogP contribution in [0.2, 0.25) is 0 Å². The molecule has 0 bridgehead atoms. The van der Waals surface area contributed by atoms with Crippen LogP contribution < -0.4 is 15.0 Å². The Hall–Kier alpha value is -5.76. The van der Waals surface area contributed by atoms with Crippen LogP contribution in [0.1, 0.15) is 48.8 Å². The summed E-state index contributed by atoms with van der Waals surface area (Å²) in [6.07, 6.45) is -6.42. The zero-order chi connectivity index (χ0) is 31.8. The number of furan rings is 1. The minimum atomic E-state index is -4.99. The number of carbonyl (C=O) groups excluding carboxylic acids is 2. The molecule has 0 saturated carbocycles. The summed E-state index contributed by atoms with van der Waals surface area (Å²) >= 11 is 0. The summed E-state index contributed by atoms with van der Waals surface area (Å²) in [6, 6.07) is 15.9. The number of rotatable bonds is 5. The fraction of sp³-hybridized carbons (Fsp3) is 0.129. The second kappa shape index (κ2) is 9.89. The summed E-state index contributed by atoms with van der Waals surface area (Å²) < 4.78 is 51.8. The van der Waals surface area contributed by atoms with Gasteiger partial charge in [0.1, 0.15) is 11.4 Å². The van der Waals surface area contributed by atoms with Gasteiger partial charge in [0.2, 0.25) is 0 Å². The van der Waals surface area contributed by atoms with Gasteiger partial charge in [-0.15, -0.1) is 0 Å². The highest BCUT2D eigenvalue weighted by Crippen LogP contribution is 2.45. The molecule has 4 heterocycles. The van der Waals surface area contributed by atoms with Gasteiger partial charge in [-0.25, -0.2) is 4.79 Å². The highest BCUT2D eigenvalue weighted by Gasteiger charge is 2.42. The van der Waals surface area contributed by atoms with Crippen LogP contribution in [0, 0.1) is 0 Å². The van der Waals surface area contributed by atoms with Gasteiger partial charge in [-0.1, -0.05) is 12.1 Å². The maximum Gasteiger partial charge on any atom is 0.432 e. The maximum atomic E-state index is 13.6. The first-order valence-electron chi connectivity index (χ1n) is 13.4. The molecule has 11 nitrogen and oxygen atoms in total. The molecule has 0 saturated heterocycles. The second-order valence-electron chi connectivity index (χ2n) is 10.5. The number of β-amino-alcohol motifs (C(OH)–C–C–N with tert-alkyl or cyclic N) is 1. The van der Waals surface area contributed by atoms with E-state index >= 15 is 0 Å². The second-order valence-corrected chi connectivity index (χ2v) is 10.5. The number of aromatic amines is 2. The lowest BCUT2D eigenvalue weighted by Gasteiger charge is -2.16. The predicted octanol–water partition coefficient (Wildman–Crippen LogP) is 6.07. The number of hydrogen-bond donors (Lipinski definition) is 5. The van der Waals surface area contributed by atoms with Crippen molar-refractivity contribution in [3.8, 4) is 5.75 Å². The quantitative estimate of drug-likeness (QED) is 0.157. The Bertz CT molecular complexity index is 2210. The number of aromatic carboxylic acids is 1. The van der Waals surface area contributed by atoms with Crippen molar-refractivity contribution in [3.05, 3.63) is 88.9 Å². The van der Waals surface area contributed by atoms with Crippen molar-refractivity contribution in [1.29, 1.82) is 0 Å². The lowest BCUT2D eigenvalue weighted by atomic mass is 10.0. The molecule has 45 heavy (non-hydrogen) atoms. The maximum absolute atomic E-state index is 13.6. The van der Waals surface area contributed by atoms with E-state index in [1.54, 1.807) is 42.5 Å². The van der Waals surface area contributed by atoms with Gasteiger partial charge in [0.05, 0.1) is 31.0 Å². The number of anilines is 2. The summed E-state index contributed by atoms with van der Waals surface area (Å²) in [6.45, 7) is -0.308. The number of aromatic nitrogens is 2. The molecule has 1 atom stereocenters. The van der Waals surface area contributed by atoms with Crippen LogP contribution in [0.25, 0.3) is 32.8 Å². The highest BCUT2D eigenvalue weighted by molar-refractivity contribution is 6.13. The van der Waals surface area contributed by atoms with Crippen LogP contribution in [0.5, 0.6) is 5.75 Å². The Balaban J connectivity index is 1.19. The van der Waals surface area contributed by atoms with E-state index in [2.05, 4.69) is 15.3 Å². The average Bonchev–Trinajstić information content (AvgIpc) is 3.77. The number of methoxy groups -OCH3 is 1. The third-order valence-corrected chi connectivity index (χ3v) is 7.76. The van der Waals surface area contributed by atoms with E-state index < -0.39 is 41.3 Å². The predicted molar refractivity (Wildman–Crippen MR) is 156 cm³/mol. The Labute approximate surface area is 249 Å². The fourth-order valence-corrected chi connectivity index (χ4v) is 5.83. The molecule has 0 fully saturated rings. The summed E-state index contributed by atoms with van der Waals surface area (Å²) in [5, 5.41) is 24.2. The summed E-state index contributed by atoms with van der Waals surface area (Å²) in [5.74, 6) is -2.38. The van der Waals surface area contributed by atoms with Crippen LogP contribution in [0.15, 0.2) is 65.1 Å². The average molecular weight is 619 g/mol. The molecular formula is C31H21F3N4O7. The molecule has 6 aromatic rings. The van der Waals surface area contributed by atoms with Gasteiger partial charge in [-0.05, 0) is 48.5 Å². The SMILES string of the molecule is COc1cccc2cc(C(=O)Nc3ccc4[nH]c(C(=O)N5CC(O)c6c5ccc5[nH]c(C(F)(F)F)c(C(=O)O)c65)cc4c3)oc12. The van der Waals surface area contributed by atoms with E-state index in [1.807, 2.05) is 0 Å². The summed E-state index contributed by atoms with van der Waals surface area (Å²) in [5.41, 5.74) is -1.11. The molecular weight excluding hydrogens is 597 g/mol. The number of alkyl halides is 3. The molecule has 1 unspecified atom stereocenters. The third-order valence-electron chi connectivity index (χ3n) is 7.76. The van der Waals surface area contributed by atoms with Crippen molar-refractivity contribution in [2.24, 2.45) is 0 Å². The van der Waals surface area contributed by atoms with Crippen molar-refractivity contribution in [3.63, 3.8) is 0 Å². The molecule has 0 aliphatic carbocycles. The Morgan fingerprint density at radius 3 is 2.53 bits per heavy atom. The van der Waals surface area contributed by atoms with Crippen molar-refractivity contribution in [2.45, 2.75) is 12.3 Å². The van der Waals surface area contributed by atoms with E-state index in [0.29, 0.717) is 33.3 Å². The number of para-hydroxylation sites is 1. The smallest absolute Gasteiger partial charge is 0.432 e. The third kappa shape index (κ3) is 4.45.